The Balaban J connectivity index is 1.57. The fourth-order valence-electron chi connectivity index (χ4n) is 4.23. The summed E-state index contributed by atoms with van der Waals surface area (Å²) >= 11 is 0. The zero-order chi connectivity index (χ0) is 27.2. The van der Waals surface area contributed by atoms with Gasteiger partial charge in [-0.3, -0.25) is 9.79 Å². The summed E-state index contributed by atoms with van der Waals surface area (Å²) < 4.78 is 0. The van der Waals surface area contributed by atoms with Crippen molar-refractivity contribution in [1.29, 1.82) is 0 Å². The monoisotopic (exact) mass is 512 g/mol. The van der Waals surface area contributed by atoms with Gasteiger partial charge in [-0.2, -0.15) is 0 Å². The molecular weight excluding hydrogens is 488 g/mol. The van der Waals surface area contributed by atoms with Crippen LogP contribution in [0.4, 0.5) is 11.4 Å². The maximum Gasteiger partial charge on any atom is 0.153 e. The van der Waals surface area contributed by atoms with E-state index in [-0.39, 0.29) is 22.8 Å². The van der Waals surface area contributed by atoms with Crippen LogP contribution in [0.1, 0.15) is 27.0 Å². The van der Waals surface area contributed by atoms with Crippen LogP contribution >= 0.6 is 0 Å². The molecule has 6 heteroatoms. The number of aliphatic imine (C=N–C) groups is 2. The lowest BCUT2D eigenvalue weighted by Gasteiger charge is -2.11. The minimum atomic E-state index is -0.200. The molecule has 0 amide bonds. The van der Waals surface area contributed by atoms with Gasteiger partial charge in [-0.25, -0.2) is 4.99 Å². The van der Waals surface area contributed by atoms with Gasteiger partial charge in [-0.15, -0.1) is 0 Å². The number of para-hydroxylation sites is 5. The number of carbonyl (C=O) groups is 1. The highest BCUT2D eigenvalue weighted by atomic mass is 16.3. The van der Waals surface area contributed by atoms with Crippen molar-refractivity contribution in [3.63, 3.8) is 0 Å². The molecule has 0 saturated carbocycles. The van der Waals surface area contributed by atoms with Crippen LogP contribution in [0.5, 0.6) is 17.2 Å². The number of phenols is 3. The predicted molar refractivity (Wildman–Crippen MR) is 154 cm³/mol. The molecule has 6 nitrogen and oxygen atoms in total. The van der Waals surface area contributed by atoms with Gasteiger partial charge in [-0.05, 0) is 36.4 Å². The first kappa shape index (κ1) is 25.2. The van der Waals surface area contributed by atoms with Crippen molar-refractivity contribution >= 4 is 29.6 Å². The summed E-state index contributed by atoms with van der Waals surface area (Å²) in [7, 11) is 0. The number of benzene rings is 5. The zero-order valence-corrected chi connectivity index (χ0v) is 20.8. The Labute approximate surface area is 225 Å². The predicted octanol–water partition coefficient (Wildman–Crippen LogP) is 7.20. The van der Waals surface area contributed by atoms with Crippen LogP contribution in [0.2, 0.25) is 0 Å². The second kappa shape index (κ2) is 11.3. The van der Waals surface area contributed by atoms with Crippen molar-refractivity contribution in [3.8, 4) is 28.4 Å². The molecular formula is C33H24N2O4. The molecule has 39 heavy (non-hydrogen) atoms. The second-order valence-corrected chi connectivity index (χ2v) is 8.70. The van der Waals surface area contributed by atoms with Gasteiger partial charge in [0.15, 0.2) is 6.29 Å². The third-order valence-corrected chi connectivity index (χ3v) is 6.21. The smallest absolute Gasteiger partial charge is 0.153 e. The number of hydrogen-bond acceptors (Lipinski definition) is 6. The lowest BCUT2D eigenvalue weighted by molar-refractivity contribution is 0.112. The van der Waals surface area contributed by atoms with Crippen LogP contribution in [0.15, 0.2) is 125 Å². The van der Waals surface area contributed by atoms with Crippen molar-refractivity contribution in [1.82, 2.24) is 0 Å². The molecule has 0 radical (unpaired) electrons. The Hall–Kier alpha value is -5.49. The fraction of sp³-hybridized carbons (Fsp3) is 0. The SMILES string of the molecule is O=Cc1cccc(-c2cccc(C=Nc3ccccc3N=C(c3ccccc3)c3ccccc3O)c2O)c1O. The van der Waals surface area contributed by atoms with Gasteiger partial charge >= 0.3 is 0 Å². The number of phenolic OH excluding ortho intramolecular Hbond substituents is 3. The normalized spacial score (nSPS) is 11.5. The first-order valence-electron chi connectivity index (χ1n) is 12.2. The zero-order valence-electron chi connectivity index (χ0n) is 20.8. The van der Waals surface area contributed by atoms with E-state index in [9.17, 15) is 20.1 Å². The van der Waals surface area contributed by atoms with E-state index < -0.39 is 0 Å². The van der Waals surface area contributed by atoms with E-state index in [1.165, 1.54) is 12.3 Å². The Morgan fingerprint density at radius 3 is 1.87 bits per heavy atom. The molecule has 0 heterocycles. The topological polar surface area (TPSA) is 102 Å². The van der Waals surface area contributed by atoms with E-state index >= 15 is 0 Å². The maximum atomic E-state index is 11.3. The molecule has 5 rings (SSSR count). The van der Waals surface area contributed by atoms with Gasteiger partial charge in [0, 0.05) is 34.0 Å². The molecule has 5 aromatic rings. The fourth-order valence-corrected chi connectivity index (χ4v) is 4.23. The van der Waals surface area contributed by atoms with E-state index in [1.54, 1.807) is 42.5 Å². The molecule has 0 saturated heterocycles. The van der Waals surface area contributed by atoms with Gasteiger partial charge in [0.05, 0.1) is 22.6 Å². The number of aromatic hydroxyl groups is 3. The average molecular weight is 513 g/mol. The van der Waals surface area contributed by atoms with Crippen LogP contribution < -0.4 is 0 Å². The summed E-state index contributed by atoms with van der Waals surface area (Å²) in [5, 5.41) is 32.1. The Morgan fingerprint density at radius 2 is 1.18 bits per heavy atom. The molecule has 0 fully saturated rings. The minimum absolute atomic E-state index is 0.0836. The van der Waals surface area contributed by atoms with E-state index in [0.29, 0.717) is 45.6 Å². The Kier molecular flexibility index (Phi) is 7.28. The van der Waals surface area contributed by atoms with E-state index in [4.69, 9.17) is 4.99 Å². The average Bonchev–Trinajstić information content (AvgIpc) is 2.97. The lowest BCUT2D eigenvalue weighted by atomic mass is 9.99. The standard InChI is InChI=1S/C33H24N2O4/c36-21-24-13-9-16-26(33(24)39)25-15-8-12-23(32(25)38)20-34-28-17-5-6-18-29(28)35-31(22-10-2-1-3-11-22)27-14-4-7-19-30(27)37/h1-21,37-39H. The molecule has 5 aromatic carbocycles. The molecule has 0 atom stereocenters. The molecule has 0 aliphatic carbocycles. The first-order chi connectivity index (χ1) is 19.1. The Morgan fingerprint density at radius 1 is 0.590 bits per heavy atom. The summed E-state index contributed by atoms with van der Waals surface area (Å²) in [6.07, 6.45) is 2.09. The van der Waals surface area contributed by atoms with Crippen LogP contribution in [-0.4, -0.2) is 33.5 Å². The van der Waals surface area contributed by atoms with Crippen molar-refractivity contribution in [3.05, 3.63) is 138 Å². The molecule has 0 aliphatic rings. The van der Waals surface area contributed by atoms with Gasteiger partial charge in [0.2, 0.25) is 0 Å². The van der Waals surface area contributed by atoms with Crippen LogP contribution in [0, 0.1) is 0 Å². The summed E-state index contributed by atoms with van der Waals surface area (Å²) in [6, 6.07) is 33.8. The number of rotatable bonds is 7. The summed E-state index contributed by atoms with van der Waals surface area (Å²) in [4.78, 5) is 20.8. The number of hydrogen-bond donors (Lipinski definition) is 3. The second-order valence-electron chi connectivity index (χ2n) is 8.70. The largest absolute Gasteiger partial charge is 0.507 e. The summed E-state index contributed by atoms with van der Waals surface area (Å²) in [5.74, 6) is -0.168. The molecule has 0 aliphatic heterocycles. The van der Waals surface area contributed by atoms with Gasteiger partial charge in [0.25, 0.3) is 0 Å². The molecule has 190 valence electrons. The van der Waals surface area contributed by atoms with Gasteiger partial charge in [0.1, 0.15) is 17.2 Å². The van der Waals surface area contributed by atoms with E-state index in [0.717, 1.165) is 5.56 Å². The van der Waals surface area contributed by atoms with Crippen molar-refractivity contribution in [2.75, 3.05) is 0 Å². The van der Waals surface area contributed by atoms with Crippen LogP contribution in [0.3, 0.4) is 0 Å². The van der Waals surface area contributed by atoms with Crippen molar-refractivity contribution in [2.45, 2.75) is 0 Å². The molecule has 0 spiro atoms. The lowest BCUT2D eigenvalue weighted by Crippen LogP contribution is -2.03. The van der Waals surface area contributed by atoms with Gasteiger partial charge in [-0.1, -0.05) is 78.9 Å². The van der Waals surface area contributed by atoms with E-state index in [1.807, 2.05) is 66.7 Å². The number of carbonyl (C=O) groups excluding carboxylic acids is 1. The molecule has 0 bridgehead atoms. The summed E-state index contributed by atoms with van der Waals surface area (Å²) in [6.45, 7) is 0. The van der Waals surface area contributed by atoms with Crippen molar-refractivity contribution < 1.29 is 20.1 Å². The van der Waals surface area contributed by atoms with Gasteiger partial charge < -0.3 is 15.3 Å². The van der Waals surface area contributed by atoms with Crippen LogP contribution in [-0.2, 0) is 0 Å². The van der Waals surface area contributed by atoms with E-state index in [2.05, 4.69) is 4.99 Å². The highest BCUT2D eigenvalue weighted by Crippen LogP contribution is 2.38. The third kappa shape index (κ3) is 5.31. The quantitative estimate of drug-likeness (QED) is 0.158. The maximum absolute atomic E-state index is 11.3. The Bertz CT molecular complexity index is 1710. The highest BCUT2D eigenvalue weighted by Gasteiger charge is 2.15. The van der Waals surface area contributed by atoms with Crippen LogP contribution in [0.25, 0.3) is 11.1 Å². The number of aldehydes is 1. The molecule has 3 N–H and O–H groups in total. The highest BCUT2D eigenvalue weighted by molar-refractivity contribution is 6.15. The first-order valence-corrected chi connectivity index (χ1v) is 12.2. The molecule has 0 unspecified atom stereocenters. The number of nitrogens with zero attached hydrogens (tertiary/aromatic N) is 2. The third-order valence-electron chi connectivity index (χ3n) is 6.21. The molecule has 0 aromatic heterocycles. The van der Waals surface area contributed by atoms with Crippen molar-refractivity contribution in [2.24, 2.45) is 9.98 Å². The summed E-state index contributed by atoms with van der Waals surface area (Å²) in [5.41, 5.74) is 4.41. The minimum Gasteiger partial charge on any atom is -0.507 e.